The van der Waals surface area contributed by atoms with Crippen molar-refractivity contribution in [3.63, 3.8) is 0 Å². The van der Waals surface area contributed by atoms with Crippen LogP contribution in [0, 0.1) is 0 Å². The van der Waals surface area contributed by atoms with E-state index in [1.165, 1.54) is 48.7 Å². The molecule has 28 heavy (non-hydrogen) atoms. The molecule has 1 N–H and O–H groups in total. The topological polar surface area (TPSA) is 114 Å². The average Bonchev–Trinajstić information content (AvgIpc) is 2.67. The fraction of sp³-hybridized carbons (Fsp3) is 0.118. The van der Waals surface area contributed by atoms with Gasteiger partial charge in [0.1, 0.15) is 10.6 Å². The zero-order valence-corrected chi connectivity index (χ0v) is 16.4. The number of nitrogens with zero attached hydrogens (tertiary/aromatic N) is 2. The molecule has 0 bridgehead atoms. The van der Waals surface area contributed by atoms with Crippen molar-refractivity contribution in [3.8, 4) is 5.75 Å². The lowest BCUT2D eigenvalue weighted by atomic mass is 10.2. The largest absolute Gasteiger partial charge is 0.453 e. The lowest BCUT2D eigenvalue weighted by molar-refractivity contribution is -0.115. The summed E-state index contributed by atoms with van der Waals surface area (Å²) in [5, 5.41) is 2.50. The molecule has 3 rings (SSSR count). The van der Waals surface area contributed by atoms with E-state index in [1.54, 1.807) is 18.2 Å². The van der Waals surface area contributed by atoms with Gasteiger partial charge in [-0.15, -0.1) is 0 Å². The van der Waals surface area contributed by atoms with E-state index in [1.807, 2.05) is 0 Å². The summed E-state index contributed by atoms with van der Waals surface area (Å²) < 4.78 is 36.0. The highest BCUT2D eigenvalue weighted by molar-refractivity contribution is 8.15. The number of nitrogens with one attached hydrogen (secondary N) is 1. The number of para-hydroxylation sites is 1. The van der Waals surface area contributed by atoms with Gasteiger partial charge in [0.05, 0.1) is 18.5 Å². The van der Waals surface area contributed by atoms with Gasteiger partial charge in [-0.05, 0) is 30.3 Å². The monoisotopic (exact) mass is 421 g/mol. The second kappa shape index (κ2) is 7.90. The number of rotatable bonds is 3. The highest BCUT2D eigenvalue weighted by Gasteiger charge is 2.28. The third kappa shape index (κ3) is 4.26. The van der Waals surface area contributed by atoms with E-state index in [2.05, 4.69) is 15.0 Å². The number of fused-ring (bicyclic) bond motifs is 1. The maximum atomic E-state index is 12.6. The van der Waals surface area contributed by atoms with Crippen molar-refractivity contribution >= 4 is 50.6 Å². The van der Waals surface area contributed by atoms with E-state index in [-0.39, 0.29) is 27.4 Å². The number of methoxy groups -OCH3 is 1. The zero-order chi connectivity index (χ0) is 20.3. The Labute approximate surface area is 165 Å². The zero-order valence-electron chi connectivity index (χ0n) is 14.8. The van der Waals surface area contributed by atoms with Crippen molar-refractivity contribution in [2.75, 3.05) is 11.4 Å². The Kier molecular flexibility index (Phi) is 5.56. The van der Waals surface area contributed by atoms with Gasteiger partial charge < -0.3 is 8.92 Å². The Morgan fingerprint density at radius 2 is 1.86 bits per heavy atom. The molecular weight excluding hydrogens is 406 g/mol. The first-order chi connectivity index (χ1) is 13.3. The minimum absolute atomic E-state index is 0.116. The Hall–Kier alpha value is -3.05. The molecule has 2 aromatic rings. The van der Waals surface area contributed by atoms with Crippen LogP contribution in [0.3, 0.4) is 0 Å². The minimum atomic E-state index is -4.12. The summed E-state index contributed by atoms with van der Waals surface area (Å²) in [6.07, 6.45) is -0.742. The third-order valence-corrected chi connectivity index (χ3v) is 5.73. The molecule has 0 aliphatic carbocycles. The molecule has 0 fully saturated rings. The number of amides is 2. The molecule has 0 radical (unpaired) electrons. The van der Waals surface area contributed by atoms with Crippen molar-refractivity contribution in [1.82, 2.24) is 5.32 Å². The van der Waals surface area contributed by atoms with Gasteiger partial charge in [-0.1, -0.05) is 18.2 Å². The summed E-state index contributed by atoms with van der Waals surface area (Å²) in [7, 11) is -2.92. The molecular formula is C17H15N3O6S2. The van der Waals surface area contributed by atoms with E-state index >= 15 is 0 Å². The number of aliphatic imine (C=N–C) groups is 1. The van der Waals surface area contributed by atoms with Gasteiger partial charge in [-0.25, -0.2) is 14.1 Å². The van der Waals surface area contributed by atoms with Crippen LogP contribution in [-0.2, 0) is 19.6 Å². The molecule has 0 spiro atoms. The summed E-state index contributed by atoms with van der Waals surface area (Å²) in [5.41, 5.74) is 0.560. The first-order valence-electron chi connectivity index (χ1n) is 7.86. The van der Waals surface area contributed by atoms with Crippen LogP contribution in [0.4, 0.5) is 16.2 Å². The number of hydrogen-bond acceptors (Lipinski definition) is 8. The van der Waals surface area contributed by atoms with E-state index in [0.29, 0.717) is 5.69 Å². The van der Waals surface area contributed by atoms with Crippen LogP contribution in [0.2, 0.25) is 0 Å². The Balaban J connectivity index is 1.97. The molecule has 9 nitrogen and oxygen atoms in total. The van der Waals surface area contributed by atoms with Crippen LogP contribution in [0.25, 0.3) is 0 Å². The third-order valence-electron chi connectivity index (χ3n) is 3.48. The summed E-state index contributed by atoms with van der Waals surface area (Å²) >= 11 is 0.836. The summed E-state index contributed by atoms with van der Waals surface area (Å²) in [6, 6.07) is 12.1. The molecule has 0 saturated carbocycles. The fourth-order valence-electron chi connectivity index (χ4n) is 2.26. The van der Waals surface area contributed by atoms with Crippen molar-refractivity contribution in [1.29, 1.82) is 0 Å². The summed E-state index contributed by atoms with van der Waals surface area (Å²) in [4.78, 5) is 27.5. The smallest absolute Gasteiger partial charge is 0.412 e. The molecule has 0 unspecified atom stereocenters. The molecule has 0 atom stereocenters. The standard InChI is InChI=1S/C17H15N3O6S2/c1-11(21)20-15-10-13(28(23,24)26-12-6-4-3-5-7-12)8-9-14(15)18-16(27-20)19-17(22)25-2/h3-10H,1-2H3,(H,18,19,22). The van der Waals surface area contributed by atoms with Crippen LogP contribution in [0.5, 0.6) is 5.75 Å². The van der Waals surface area contributed by atoms with Gasteiger partial charge >= 0.3 is 16.2 Å². The molecule has 2 amide bonds. The van der Waals surface area contributed by atoms with Crippen LogP contribution in [0.1, 0.15) is 6.92 Å². The Bertz CT molecular complexity index is 1050. The van der Waals surface area contributed by atoms with Crippen molar-refractivity contribution in [2.45, 2.75) is 11.8 Å². The number of ether oxygens (including phenoxy) is 1. The number of hydrogen-bond donors (Lipinski definition) is 1. The normalized spacial score (nSPS) is 13.2. The Morgan fingerprint density at radius 3 is 2.50 bits per heavy atom. The lowest BCUT2D eigenvalue weighted by Crippen LogP contribution is -2.34. The number of alkyl carbamates (subject to hydrolysis) is 1. The molecule has 0 saturated heterocycles. The number of benzene rings is 2. The summed E-state index contributed by atoms with van der Waals surface area (Å²) in [6.45, 7) is 1.31. The van der Waals surface area contributed by atoms with Gasteiger partial charge in [-0.3, -0.25) is 10.1 Å². The maximum Gasteiger partial charge on any atom is 0.412 e. The molecule has 11 heteroatoms. The lowest BCUT2D eigenvalue weighted by Gasteiger charge is -2.26. The quantitative estimate of drug-likeness (QED) is 0.599. The molecule has 146 valence electrons. The van der Waals surface area contributed by atoms with Crippen LogP contribution in [0.15, 0.2) is 58.4 Å². The van der Waals surface area contributed by atoms with E-state index in [0.717, 1.165) is 11.9 Å². The predicted molar refractivity (Wildman–Crippen MR) is 104 cm³/mol. The van der Waals surface area contributed by atoms with Gasteiger partial charge in [0.25, 0.3) is 0 Å². The second-order valence-corrected chi connectivity index (χ2v) is 7.92. The average molecular weight is 421 g/mol. The van der Waals surface area contributed by atoms with Crippen LogP contribution >= 0.6 is 11.9 Å². The molecule has 1 aliphatic rings. The number of carbonyl (C=O) groups is 2. The van der Waals surface area contributed by atoms with Crippen LogP contribution in [-0.4, -0.2) is 32.7 Å². The molecule has 1 heterocycles. The van der Waals surface area contributed by atoms with Gasteiger partial charge in [-0.2, -0.15) is 8.42 Å². The number of anilines is 1. The maximum absolute atomic E-state index is 12.6. The molecule has 1 aliphatic heterocycles. The number of carbonyl (C=O) groups excluding carboxylic acids is 2. The van der Waals surface area contributed by atoms with Crippen LogP contribution < -0.4 is 13.8 Å². The number of amidine groups is 1. The van der Waals surface area contributed by atoms with Crippen molar-refractivity contribution < 1.29 is 26.9 Å². The van der Waals surface area contributed by atoms with Gasteiger partial charge in [0.2, 0.25) is 5.91 Å². The molecule has 0 aromatic heterocycles. The Morgan fingerprint density at radius 1 is 1.14 bits per heavy atom. The molecule has 2 aromatic carbocycles. The van der Waals surface area contributed by atoms with Gasteiger partial charge in [0.15, 0.2) is 5.17 Å². The first kappa shape index (κ1) is 19.7. The minimum Gasteiger partial charge on any atom is -0.453 e. The van der Waals surface area contributed by atoms with Crippen molar-refractivity contribution in [3.05, 3.63) is 48.5 Å². The highest BCUT2D eigenvalue weighted by Crippen LogP contribution is 2.40. The highest BCUT2D eigenvalue weighted by atomic mass is 32.2. The van der Waals surface area contributed by atoms with E-state index in [4.69, 9.17) is 4.18 Å². The van der Waals surface area contributed by atoms with Gasteiger partial charge in [0, 0.05) is 18.9 Å². The summed E-state index contributed by atoms with van der Waals surface area (Å²) in [5.74, 6) is -0.218. The SMILES string of the molecule is COC(=O)NC1=Nc2ccc(S(=O)(=O)Oc3ccccc3)cc2N(C(C)=O)S1. The van der Waals surface area contributed by atoms with Crippen molar-refractivity contribution in [2.24, 2.45) is 4.99 Å². The fourth-order valence-corrected chi connectivity index (χ4v) is 4.02. The predicted octanol–water partition coefficient (Wildman–Crippen LogP) is 2.81. The van der Waals surface area contributed by atoms with E-state index < -0.39 is 16.2 Å². The first-order valence-corrected chi connectivity index (χ1v) is 10.0. The van der Waals surface area contributed by atoms with E-state index in [9.17, 15) is 18.0 Å². The second-order valence-electron chi connectivity index (χ2n) is 5.44.